The summed E-state index contributed by atoms with van der Waals surface area (Å²) in [6.45, 7) is 0. The zero-order valence-corrected chi connectivity index (χ0v) is 16.5. The van der Waals surface area contributed by atoms with Gasteiger partial charge < -0.3 is 10.2 Å². The summed E-state index contributed by atoms with van der Waals surface area (Å²) in [6.07, 6.45) is -0.823. The van der Waals surface area contributed by atoms with Crippen LogP contribution in [0.3, 0.4) is 0 Å². The second kappa shape index (κ2) is 7.92. The Morgan fingerprint density at radius 1 is 0.774 bits per heavy atom. The van der Waals surface area contributed by atoms with Gasteiger partial charge in [-0.25, -0.2) is 0 Å². The van der Waals surface area contributed by atoms with Gasteiger partial charge in [0.05, 0.1) is 12.5 Å². The van der Waals surface area contributed by atoms with Crippen LogP contribution in [0, 0.1) is 16.7 Å². The van der Waals surface area contributed by atoms with E-state index < -0.39 is 29.7 Å². The van der Waals surface area contributed by atoms with Crippen LogP contribution in [-0.2, 0) is 9.59 Å². The Morgan fingerprint density at radius 3 is 1.65 bits per heavy atom. The Balaban J connectivity index is 2.14. The molecule has 0 heterocycles. The fraction of sp³-hybridized carbons (Fsp3) is 0.115. The third-order valence-electron chi connectivity index (χ3n) is 5.77. The van der Waals surface area contributed by atoms with Crippen LogP contribution in [0.4, 0.5) is 0 Å². The lowest BCUT2D eigenvalue weighted by Crippen LogP contribution is -2.39. The van der Waals surface area contributed by atoms with Crippen LogP contribution >= 0.6 is 0 Å². The number of aliphatic carboxylic acids is 2. The molecule has 5 heteroatoms. The Morgan fingerprint density at radius 2 is 1.23 bits per heavy atom. The van der Waals surface area contributed by atoms with Crippen molar-refractivity contribution in [3.05, 3.63) is 96.1 Å². The highest BCUT2D eigenvalue weighted by Gasteiger charge is 2.50. The first-order valence-electron chi connectivity index (χ1n) is 9.79. The average molecular weight is 409 g/mol. The molecule has 0 amide bonds. The van der Waals surface area contributed by atoms with Crippen LogP contribution in [0.1, 0.15) is 23.5 Å². The van der Waals surface area contributed by atoms with Gasteiger partial charge in [-0.05, 0) is 32.7 Å². The molecular formula is C26H19NO4. The third-order valence-corrected chi connectivity index (χ3v) is 5.77. The van der Waals surface area contributed by atoms with E-state index in [-0.39, 0.29) is 0 Å². The summed E-state index contributed by atoms with van der Waals surface area (Å²) >= 11 is 0. The fourth-order valence-corrected chi connectivity index (χ4v) is 4.39. The summed E-state index contributed by atoms with van der Waals surface area (Å²) in [5.41, 5.74) is -0.973. The van der Waals surface area contributed by atoms with Gasteiger partial charge in [0, 0.05) is 5.92 Å². The van der Waals surface area contributed by atoms with Gasteiger partial charge >= 0.3 is 11.9 Å². The molecule has 0 unspecified atom stereocenters. The summed E-state index contributed by atoms with van der Waals surface area (Å²) in [5.74, 6) is -3.79. The zero-order chi connectivity index (χ0) is 22.0. The zero-order valence-electron chi connectivity index (χ0n) is 16.5. The van der Waals surface area contributed by atoms with E-state index in [1.54, 1.807) is 24.3 Å². The van der Waals surface area contributed by atoms with E-state index in [0.717, 1.165) is 21.5 Å². The molecule has 0 aliphatic carbocycles. The number of hydrogen-bond donors (Lipinski definition) is 2. The molecule has 5 nitrogen and oxygen atoms in total. The average Bonchev–Trinajstić information content (AvgIpc) is 2.78. The van der Waals surface area contributed by atoms with Gasteiger partial charge in [-0.15, -0.1) is 0 Å². The highest BCUT2D eigenvalue weighted by molar-refractivity contribution is 5.94. The minimum atomic E-state index is -2.19. The van der Waals surface area contributed by atoms with Crippen LogP contribution in [0.5, 0.6) is 0 Å². The maximum Gasteiger partial charge on any atom is 0.325 e. The van der Waals surface area contributed by atoms with Crippen molar-refractivity contribution >= 4 is 33.5 Å². The van der Waals surface area contributed by atoms with Crippen LogP contribution in [0.25, 0.3) is 21.5 Å². The molecule has 0 saturated carbocycles. The topological polar surface area (TPSA) is 98.4 Å². The molecule has 0 spiro atoms. The van der Waals surface area contributed by atoms with E-state index in [0.29, 0.717) is 11.1 Å². The molecule has 2 N–H and O–H groups in total. The summed E-state index contributed by atoms with van der Waals surface area (Å²) in [6, 6.07) is 27.9. The van der Waals surface area contributed by atoms with Crippen LogP contribution in [0.2, 0.25) is 0 Å². The predicted octanol–water partition coefficient (Wildman–Crippen LogP) is 5.19. The summed E-state index contributed by atoms with van der Waals surface area (Å²) in [5, 5.41) is 33.3. The van der Waals surface area contributed by atoms with E-state index in [4.69, 9.17) is 0 Å². The molecule has 152 valence electrons. The lowest BCUT2D eigenvalue weighted by Gasteiger charge is -2.32. The van der Waals surface area contributed by atoms with E-state index >= 15 is 0 Å². The Kier molecular flexibility index (Phi) is 5.14. The minimum absolute atomic E-state index is 0.611. The first-order chi connectivity index (χ1) is 15.0. The normalized spacial score (nSPS) is 13.0. The van der Waals surface area contributed by atoms with Crippen molar-refractivity contribution in [2.75, 3.05) is 0 Å². The number of carboxylic acids is 2. The first-order valence-corrected chi connectivity index (χ1v) is 9.79. The standard InChI is InChI=1S/C26H19NO4/c27-16-26(25(30)31,15-23(28)29)24(21-13-5-9-17-7-1-3-11-19(17)21)22-14-6-10-18-8-2-4-12-20(18)22/h1-14,24H,15H2,(H,28,29)(H,30,31)/t26-/m0/s1. The maximum absolute atomic E-state index is 12.6. The van der Waals surface area contributed by atoms with Gasteiger partial charge in [0.25, 0.3) is 0 Å². The van der Waals surface area contributed by atoms with E-state index in [1.807, 2.05) is 66.7 Å². The van der Waals surface area contributed by atoms with E-state index in [1.165, 1.54) is 0 Å². The molecule has 0 aliphatic rings. The van der Waals surface area contributed by atoms with Crippen molar-refractivity contribution in [3.8, 4) is 6.07 Å². The molecule has 31 heavy (non-hydrogen) atoms. The van der Waals surface area contributed by atoms with Crippen LogP contribution in [0.15, 0.2) is 84.9 Å². The lowest BCUT2D eigenvalue weighted by molar-refractivity contribution is -0.153. The van der Waals surface area contributed by atoms with Crippen molar-refractivity contribution < 1.29 is 19.8 Å². The largest absolute Gasteiger partial charge is 0.481 e. The van der Waals surface area contributed by atoms with Crippen molar-refractivity contribution in [3.63, 3.8) is 0 Å². The number of carbonyl (C=O) groups is 2. The number of nitrogens with zero attached hydrogens (tertiary/aromatic N) is 1. The maximum atomic E-state index is 12.6. The SMILES string of the molecule is N#C[C@](CC(=O)O)(C(=O)O)C(c1cccc2ccccc12)c1cccc2ccccc12. The molecule has 0 bridgehead atoms. The monoisotopic (exact) mass is 409 g/mol. The van der Waals surface area contributed by atoms with Gasteiger partial charge in [-0.3, -0.25) is 9.59 Å². The van der Waals surface area contributed by atoms with Crippen LogP contribution < -0.4 is 0 Å². The first kappa shape index (κ1) is 20.1. The molecule has 0 radical (unpaired) electrons. The number of nitriles is 1. The van der Waals surface area contributed by atoms with Gasteiger partial charge in [0.2, 0.25) is 0 Å². The molecule has 0 aliphatic heterocycles. The number of benzene rings is 4. The molecule has 0 saturated heterocycles. The van der Waals surface area contributed by atoms with Gasteiger partial charge in [0.15, 0.2) is 5.41 Å². The Labute approximate surface area is 178 Å². The summed E-state index contributed by atoms with van der Waals surface area (Å²) in [7, 11) is 0. The fourth-order valence-electron chi connectivity index (χ4n) is 4.39. The number of fused-ring (bicyclic) bond motifs is 2. The van der Waals surface area contributed by atoms with E-state index in [2.05, 4.69) is 0 Å². The molecule has 4 aromatic carbocycles. The highest BCUT2D eigenvalue weighted by atomic mass is 16.4. The minimum Gasteiger partial charge on any atom is -0.481 e. The molecule has 0 fully saturated rings. The van der Waals surface area contributed by atoms with Crippen molar-refractivity contribution in [2.45, 2.75) is 12.3 Å². The third kappa shape index (κ3) is 3.38. The lowest BCUT2D eigenvalue weighted by atomic mass is 9.66. The summed E-state index contributed by atoms with van der Waals surface area (Å²) in [4.78, 5) is 24.3. The number of hydrogen-bond acceptors (Lipinski definition) is 3. The molecule has 1 atom stereocenters. The van der Waals surface area contributed by atoms with Crippen molar-refractivity contribution in [1.29, 1.82) is 5.26 Å². The van der Waals surface area contributed by atoms with Crippen molar-refractivity contribution in [2.24, 2.45) is 5.41 Å². The van der Waals surface area contributed by atoms with Gasteiger partial charge in [0.1, 0.15) is 0 Å². The second-order valence-corrected chi connectivity index (χ2v) is 7.53. The quantitative estimate of drug-likeness (QED) is 0.456. The highest BCUT2D eigenvalue weighted by Crippen LogP contribution is 2.47. The smallest absolute Gasteiger partial charge is 0.325 e. The molecular weight excluding hydrogens is 390 g/mol. The van der Waals surface area contributed by atoms with Crippen LogP contribution in [-0.4, -0.2) is 22.2 Å². The number of rotatable bonds is 6. The summed E-state index contributed by atoms with van der Waals surface area (Å²) < 4.78 is 0. The van der Waals surface area contributed by atoms with Crippen molar-refractivity contribution in [1.82, 2.24) is 0 Å². The predicted molar refractivity (Wildman–Crippen MR) is 118 cm³/mol. The second-order valence-electron chi connectivity index (χ2n) is 7.53. The number of carboxylic acid groups (broad SMARTS) is 2. The van der Waals surface area contributed by atoms with Gasteiger partial charge in [-0.2, -0.15) is 5.26 Å². The van der Waals surface area contributed by atoms with E-state index in [9.17, 15) is 25.1 Å². The Bertz CT molecular complexity index is 1260. The van der Waals surface area contributed by atoms with Gasteiger partial charge in [-0.1, -0.05) is 84.9 Å². The molecule has 4 aromatic rings. The Hall–Kier alpha value is -4.17. The molecule has 0 aromatic heterocycles. The molecule has 4 rings (SSSR count).